The van der Waals surface area contributed by atoms with Crippen molar-refractivity contribution in [1.29, 1.82) is 0 Å². The zero-order valence-electron chi connectivity index (χ0n) is 9.20. The summed E-state index contributed by atoms with van der Waals surface area (Å²) in [5, 5.41) is 0. The van der Waals surface area contributed by atoms with Crippen molar-refractivity contribution in [2.75, 3.05) is 6.79 Å². The number of benzene rings is 1. The third-order valence-electron chi connectivity index (χ3n) is 2.43. The summed E-state index contributed by atoms with van der Waals surface area (Å²) in [6.45, 7) is 3.40. The van der Waals surface area contributed by atoms with Gasteiger partial charge in [-0.05, 0) is 31.5 Å². The van der Waals surface area contributed by atoms with Gasteiger partial charge < -0.3 is 9.47 Å². The number of fused-ring (bicyclic) bond motifs is 1. The Hall–Kier alpha value is -1.84. The van der Waals surface area contributed by atoms with Gasteiger partial charge in [0, 0.05) is 5.56 Å². The van der Waals surface area contributed by atoms with Gasteiger partial charge in [0.15, 0.2) is 17.3 Å². The van der Waals surface area contributed by atoms with Crippen molar-refractivity contribution in [3.05, 3.63) is 23.3 Å². The number of rotatable bonds is 3. The van der Waals surface area contributed by atoms with E-state index in [0.717, 1.165) is 5.56 Å². The molecule has 0 radical (unpaired) electrons. The minimum atomic E-state index is -0.177. The quantitative estimate of drug-likeness (QED) is 0.576. The molecule has 1 aliphatic rings. The third kappa shape index (κ3) is 1.91. The van der Waals surface area contributed by atoms with Crippen LogP contribution in [0.4, 0.5) is 0 Å². The third-order valence-corrected chi connectivity index (χ3v) is 2.43. The molecule has 0 atom stereocenters. The van der Waals surface area contributed by atoms with E-state index in [1.165, 1.54) is 6.92 Å². The topological polar surface area (TPSA) is 52.6 Å². The van der Waals surface area contributed by atoms with Gasteiger partial charge in [-0.15, -0.1) is 0 Å². The van der Waals surface area contributed by atoms with Crippen LogP contribution < -0.4 is 9.47 Å². The highest BCUT2D eigenvalue weighted by Gasteiger charge is 2.19. The summed E-state index contributed by atoms with van der Waals surface area (Å²) in [5.74, 6) is 0.903. The molecule has 1 aromatic rings. The van der Waals surface area contributed by atoms with E-state index in [-0.39, 0.29) is 24.8 Å². The number of Topliss-reactive ketones (excluding diaryl/α,β-unsaturated/α-hetero) is 2. The van der Waals surface area contributed by atoms with Crippen LogP contribution in [0.15, 0.2) is 12.1 Å². The van der Waals surface area contributed by atoms with Gasteiger partial charge in [0.25, 0.3) is 0 Å². The SMILES string of the molecule is CC(=O)CC(=O)c1cc2c(cc1C)OCO2. The maximum atomic E-state index is 11.8. The fraction of sp³-hybridized carbons (Fsp3) is 0.333. The molecule has 0 saturated carbocycles. The molecule has 4 heteroatoms. The van der Waals surface area contributed by atoms with Crippen molar-refractivity contribution in [3.63, 3.8) is 0 Å². The molecule has 1 aromatic carbocycles. The summed E-state index contributed by atoms with van der Waals surface area (Å²) in [6.07, 6.45) is -0.0690. The highest BCUT2D eigenvalue weighted by Crippen LogP contribution is 2.34. The van der Waals surface area contributed by atoms with Crippen LogP contribution in [0, 0.1) is 6.92 Å². The van der Waals surface area contributed by atoms with Crippen LogP contribution >= 0.6 is 0 Å². The van der Waals surface area contributed by atoms with E-state index < -0.39 is 0 Å². The predicted octanol–water partition coefficient (Wildman–Crippen LogP) is 1.89. The molecule has 0 aromatic heterocycles. The fourth-order valence-corrected chi connectivity index (χ4v) is 1.67. The Morgan fingerprint density at radius 1 is 1.25 bits per heavy atom. The Kier molecular flexibility index (Phi) is 2.64. The van der Waals surface area contributed by atoms with Crippen LogP contribution in [0.25, 0.3) is 0 Å². The van der Waals surface area contributed by atoms with Gasteiger partial charge in [-0.25, -0.2) is 0 Å². The Bertz CT molecular complexity index is 462. The van der Waals surface area contributed by atoms with E-state index in [2.05, 4.69) is 0 Å². The highest BCUT2D eigenvalue weighted by atomic mass is 16.7. The predicted molar refractivity (Wildman–Crippen MR) is 56.9 cm³/mol. The van der Waals surface area contributed by atoms with Gasteiger partial charge in [-0.2, -0.15) is 0 Å². The standard InChI is InChI=1S/C12H12O4/c1-7-3-11-12(16-6-15-11)5-9(7)10(14)4-8(2)13/h3,5H,4,6H2,1-2H3. The number of ether oxygens (including phenoxy) is 2. The number of carbonyl (C=O) groups excluding carboxylic acids is 2. The molecule has 0 unspecified atom stereocenters. The molecule has 0 amide bonds. The number of hydrogen-bond acceptors (Lipinski definition) is 4. The maximum Gasteiger partial charge on any atom is 0.231 e. The zero-order chi connectivity index (χ0) is 11.7. The fourth-order valence-electron chi connectivity index (χ4n) is 1.67. The minimum Gasteiger partial charge on any atom is -0.454 e. The van der Waals surface area contributed by atoms with Gasteiger partial charge in [0.05, 0.1) is 6.42 Å². The van der Waals surface area contributed by atoms with Gasteiger partial charge >= 0.3 is 0 Å². The van der Waals surface area contributed by atoms with Crippen LogP contribution in [0.3, 0.4) is 0 Å². The summed E-state index contributed by atoms with van der Waals surface area (Å²) < 4.78 is 10.4. The normalized spacial score (nSPS) is 12.6. The molecule has 84 valence electrons. The first-order valence-electron chi connectivity index (χ1n) is 5.01. The molecule has 4 nitrogen and oxygen atoms in total. The van der Waals surface area contributed by atoms with Gasteiger partial charge in [-0.1, -0.05) is 0 Å². The average Bonchev–Trinajstić information content (AvgIpc) is 2.61. The second kappa shape index (κ2) is 3.96. The van der Waals surface area contributed by atoms with Crippen LogP contribution in [-0.4, -0.2) is 18.4 Å². The Labute approximate surface area is 93.2 Å². The highest BCUT2D eigenvalue weighted by molar-refractivity contribution is 6.08. The molecule has 0 saturated heterocycles. The Balaban J connectivity index is 2.34. The van der Waals surface area contributed by atoms with Crippen molar-refractivity contribution in [3.8, 4) is 11.5 Å². The molecule has 0 bridgehead atoms. The van der Waals surface area contributed by atoms with Crippen LogP contribution in [-0.2, 0) is 4.79 Å². The average molecular weight is 220 g/mol. The molecule has 0 fully saturated rings. The Morgan fingerprint density at radius 2 is 1.88 bits per heavy atom. The molecule has 0 spiro atoms. The van der Waals surface area contributed by atoms with Crippen molar-refractivity contribution in [2.45, 2.75) is 20.3 Å². The second-order valence-corrected chi connectivity index (χ2v) is 3.82. The molecular formula is C12H12O4. The van der Waals surface area contributed by atoms with Gasteiger partial charge in [0.1, 0.15) is 5.78 Å². The van der Waals surface area contributed by atoms with Crippen LogP contribution in [0.2, 0.25) is 0 Å². The molecule has 2 rings (SSSR count). The van der Waals surface area contributed by atoms with Crippen molar-refractivity contribution in [1.82, 2.24) is 0 Å². The molecule has 1 heterocycles. The first kappa shape index (κ1) is 10.7. The maximum absolute atomic E-state index is 11.8. The lowest BCUT2D eigenvalue weighted by Gasteiger charge is -2.05. The molecule has 0 aliphatic carbocycles. The van der Waals surface area contributed by atoms with E-state index in [1.54, 1.807) is 12.1 Å². The van der Waals surface area contributed by atoms with Gasteiger partial charge in [-0.3, -0.25) is 9.59 Å². The van der Waals surface area contributed by atoms with E-state index in [0.29, 0.717) is 17.1 Å². The van der Waals surface area contributed by atoms with Crippen molar-refractivity contribution < 1.29 is 19.1 Å². The van der Waals surface area contributed by atoms with Gasteiger partial charge in [0.2, 0.25) is 6.79 Å². The summed E-state index contributed by atoms with van der Waals surface area (Å²) in [7, 11) is 0. The second-order valence-electron chi connectivity index (χ2n) is 3.82. The van der Waals surface area contributed by atoms with E-state index in [1.807, 2.05) is 6.92 Å². The molecule has 0 N–H and O–H groups in total. The lowest BCUT2D eigenvalue weighted by atomic mass is 10.0. The van der Waals surface area contributed by atoms with Crippen LogP contribution in [0.5, 0.6) is 11.5 Å². The molecule has 16 heavy (non-hydrogen) atoms. The number of ketones is 2. The smallest absolute Gasteiger partial charge is 0.231 e. The van der Waals surface area contributed by atoms with Crippen molar-refractivity contribution >= 4 is 11.6 Å². The zero-order valence-corrected chi connectivity index (χ0v) is 9.20. The largest absolute Gasteiger partial charge is 0.454 e. The lowest BCUT2D eigenvalue weighted by Crippen LogP contribution is -2.06. The summed E-state index contributed by atoms with van der Waals surface area (Å²) >= 11 is 0. The van der Waals surface area contributed by atoms with E-state index in [4.69, 9.17) is 9.47 Å². The number of carbonyl (C=O) groups is 2. The van der Waals surface area contributed by atoms with E-state index in [9.17, 15) is 9.59 Å². The monoisotopic (exact) mass is 220 g/mol. The minimum absolute atomic E-state index is 0.0690. The number of aryl methyl sites for hydroxylation is 1. The molecular weight excluding hydrogens is 208 g/mol. The first-order chi connectivity index (χ1) is 7.58. The van der Waals surface area contributed by atoms with Crippen LogP contribution in [0.1, 0.15) is 29.3 Å². The molecule has 1 aliphatic heterocycles. The summed E-state index contributed by atoms with van der Waals surface area (Å²) in [5.41, 5.74) is 1.33. The van der Waals surface area contributed by atoms with Crippen molar-refractivity contribution in [2.24, 2.45) is 0 Å². The number of hydrogen-bond donors (Lipinski definition) is 0. The lowest BCUT2D eigenvalue weighted by molar-refractivity contribution is -0.116. The Morgan fingerprint density at radius 3 is 2.50 bits per heavy atom. The first-order valence-corrected chi connectivity index (χ1v) is 5.01. The summed E-state index contributed by atoms with van der Waals surface area (Å²) in [4.78, 5) is 22.7. The van der Waals surface area contributed by atoms with E-state index >= 15 is 0 Å². The summed E-state index contributed by atoms with van der Waals surface area (Å²) in [6, 6.07) is 3.40.